The van der Waals surface area contributed by atoms with E-state index in [9.17, 15) is 13.6 Å². The zero-order chi connectivity index (χ0) is 10.3. The smallest absolute Gasteiger partial charge is 0.262 e. The Balaban J connectivity index is 3.02. The van der Waals surface area contributed by atoms with Gasteiger partial charge in [-0.3, -0.25) is 9.78 Å². The monoisotopic (exact) mass is 216 g/mol. The second kappa shape index (κ2) is 3.02. The molecule has 2 aromatic rings. The number of fused-ring (bicyclic) bond motifs is 1. The van der Waals surface area contributed by atoms with E-state index in [1.807, 2.05) is 0 Å². The van der Waals surface area contributed by atoms with Crippen molar-refractivity contribution in [3.8, 4) is 0 Å². The summed E-state index contributed by atoms with van der Waals surface area (Å²) in [5, 5.41) is -0.497. The van der Waals surface area contributed by atoms with Gasteiger partial charge in [-0.1, -0.05) is 0 Å². The van der Waals surface area contributed by atoms with Crippen LogP contribution >= 0.6 is 11.6 Å². The van der Waals surface area contributed by atoms with E-state index in [2.05, 4.69) is 9.97 Å². The van der Waals surface area contributed by atoms with E-state index in [4.69, 9.17) is 11.6 Å². The van der Waals surface area contributed by atoms with E-state index >= 15 is 0 Å². The van der Waals surface area contributed by atoms with Crippen LogP contribution < -0.4 is 5.56 Å². The van der Waals surface area contributed by atoms with E-state index in [-0.39, 0.29) is 16.2 Å². The summed E-state index contributed by atoms with van der Waals surface area (Å²) in [7, 11) is 0. The highest BCUT2D eigenvalue weighted by Gasteiger charge is 2.09. The van der Waals surface area contributed by atoms with Crippen LogP contribution in [0, 0.1) is 11.6 Å². The third kappa shape index (κ3) is 1.35. The fraction of sp³-hybridized carbons (Fsp3) is 0. The van der Waals surface area contributed by atoms with Gasteiger partial charge in [-0.25, -0.2) is 13.8 Å². The third-order valence-corrected chi connectivity index (χ3v) is 1.88. The molecule has 3 nitrogen and oxygen atoms in total. The molecule has 6 heteroatoms. The van der Waals surface area contributed by atoms with Crippen LogP contribution in [0.5, 0.6) is 0 Å². The summed E-state index contributed by atoms with van der Waals surface area (Å²) in [4.78, 5) is 16.9. The zero-order valence-corrected chi connectivity index (χ0v) is 7.40. The molecule has 0 atom stereocenters. The molecular weight excluding hydrogens is 214 g/mol. The first-order chi connectivity index (χ1) is 6.58. The van der Waals surface area contributed by atoms with Crippen molar-refractivity contribution in [1.29, 1.82) is 0 Å². The molecular formula is C8H3ClF2N2O. The molecule has 0 aliphatic rings. The van der Waals surface area contributed by atoms with Gasteiger partial charge in [0.25, 0.3) is 5.56 Å². The lowest BCUT2D eigenvalue weighted by molar-refractivity contribution is 0.591. The summed E-state index contributed by atoms with van der Waals surface area (Å²) in [5.74, 6) is -1.76. The fourth-order valence-electron chi connectivity index (χ4n) is 1.16. The number of benzene rings is 1. The molecule has 0 spiro atoms. The normalized spacial score (nSPS) is 10.8. The first-order valence-corrected chi connectivity index (χ1v) is 4.00. The van der Waals surface area contributed by atoms with Gasteiger partial charge in [0.15, 0.2) is 0 Å². The van der Waals surface area contributed by atoms with Crippen molar-refractivity contribution in [2.45, 2.75) is 0 Å². The topological polar surface area (TPSA) is 45.8 Å². The maximum Gasteiger partial charge on any atom is 0.262 e. The summed E-state index contributed by atoms with van der Waals surface area (Å²) in [6, 6.07) is 1.56. The summed E-state index contributed by atoms with van der Waals surface area (Å²) < 4.78 is 25.8. The van der Waals surface area contributed by atoms with Gasteiger partial charge in [-0.2, -0.15) is 0 Å². The van der Waals surface area contributed by atoms with Crippen molar-refractivity contribution in [1.82, 2.24) is 9.97 Å². The van der Waals surface area contributed by atoms with Gasteiger partial charge in [-0.15, -0.1) is 0 Å². The Kier molecular flexibility index (Phi) is 1.96. The number of hydrogen-bond donors (Lipinski definition) is 1. The van der Waals surface area contributed by atoms with E-state index in [1.165, 1.54) is 0 Å². The molecule has 0 radical (unpaired) electrons. The van der Waals surface area contributed by atoms with Crippen LogP contribution in [0.25, 0.3) is 10.9 Å². The van der Waals surface area contributed by atoms with Crippen molar-refractivity contribution in [2.24, 2.45) is 0 Å². The lowest BCUT2D eigenvalue weighted by Gasteiger charge is -1.98. The maximum absolute atomic E-state index is 13.1. The zero-order valence-electron chi connectivity index (χ0n) is 6.64. The Morgan fingerprint density at radius 2 is 2.07 bits per heavy atom. The summed E-state index contributed by atoms with van der Waals surface area (Å²) in [6.07, 6.45) is 0. The van der Waals surface area contributed by atoms with Crippen molar-refractivity contribution < 1.29 is 8.78 Å². The lowest BCUT2D eigenvalue weighted by Crippen LogP contribution is -2.09. The first-order valence-electron chi connectivity index (χ1n) is 3.62. The molecule has 0 aliphatic carbocycles. The number of aromatic nitrogens is 2. The van der Waals surface area contributed by atoms with E-state index in [0.29, 0.717) is 6.07 Å². The van der Waals surface area contributed by atoms with Gasteiger partial charge < -0.3 is 0 Å². The van der Waals surface area contributed by atoms with Gasteiger partial charge in [-0.05, 0) is 11.6 Å². The predicted molar refractivity (Wildman–Crippen MR) is 47.3 cm³/mol. The quantitative estimate of drug-likeness (QED) is 0.683. The number of halogens is 3. The van der Waals surface area contributed by atoms with Gasteiger partial charge in [0.1, 0.15) is 17.0 Å². The molecule has 0 saturated carbocycles. The second-order valence-corrected chi connectivity index (χ2v) is 3.00. The van der Waals surface area contributed by atoms with Crippen molar-refractivity contribution in [3.05, 3.63) is 39.4 Å². The maximum atomic E-state index is 13.1. The molecule has 1 heterocycles. The number of aromatic amines is 1. The summed E-state index contributed by atoms with van der Waals surface area (Å²) in [6.45, 7) is 0. The molecule has 0 fully saturated rings. The van der Waals surface area contributed by atoms with Crippen LogP contribution in [0.1, 0.15) is 0 Å². The third-order valence-electron chi connectivity index (χ3n) is 1.70. The van der Waals surface area contributed by atoms with Crippen molar-refractivity contribution in [2.75, 3.05) is 0 Å². The second-order valence-electron chi connectivity index (χ2n) is 2.64. The number of nitrogens with zero attached hydrogens (tertiary/aromatic N) is 1. The molecule has 1 N–H and O–H groups in total. The SMILES string of the molecule is O=c1[nH]c(Cl)nc2cc(F)cc(F)c12. The molecule has 0 unspecified atom stereocenters. The molecule has 0 saturated heterocycles. The highest BCUT2D eigenvalue weighted by Crippen LogP contribution is 2.14. The Hall–Kier alpha value is -1.49. The molecule has 72 valence electrons. The molecule has 0 bridgehead atoms. The number of rotatable bonds is 0. The Bertz CT molecular complexity index is 562. The molecule has 2 rings (SSSR count). The molecule has 1 aromatic carbocycles. The number of hydrogen-bond acceptors (Lipinski definition) is 2. The molecule has 0 aliphatic heterocycles. The fourth-order valence-corrected chi connectivity index (χ4v) is 1.34. The minimum atomic E-state index is -0.953. The van der Waals surface area contributed by atoms with Crippen molar-refractivity contribution >= 4 is 22.5 Å². The van der Waals surface area contributed by atoms with Gasteiger partial charge in [0, 0.05) is 12.1 Å². The standard InChI is InChI=1S/C8H3ClF2N2O/c9-8-12-5-2-3(10)1-4(11)6(5)7(14)13-8/h1-2H,(H,12,13,14). The lowest BCUT2D eigenvalue weighted by atomic mass is 10.2. The molecule has 0 amide bonds. The minimum absolute atomic E-state index is 0.101. The summed E-state index contributed by atoms with van der Waals surface area (Å²) >= 11 is 5.42. The average Bonchev–Trinajstić information content (AvgIpc) is 1.99. The first kappa shape index (κ1) is 9.08. The van der Waals surface area contributed by atoms with Crippen molar-refractivity contribution in [3.63, 3.8) is 0 Å². The number of H-pyrrole nitrogens is 1. The molecule has 14 heavy (non-hydrogen) atoms. The Labute approximate surface area is 81.3 Å². The number of nitrogens with one attached hydrogen (secondary N) is 1. The van der Waals surface area contributed by atoms with Gasteiger partial charge >= 0.3 is 0 Å². The Morgan fingerprint density at radius 1 is 1.36 bits per heavy atom. The van der Waals surface area contributed by atoms with E-state index in [1.54, 1.807) is 0 Å². The van der Waals surface area contributed by atoms with Crippen LogP contribution in [0.4, 0.5) is 8.78 Å². The highest BCUT2D eigenvalue weighted by atomic mass is 35.5. The van der Waals surface area contributed by atoms with E-state index in [0.717, 1.165) is 6.07 Å². The summed E-state index contributed by atoms with van der Waals surface area (Å²) in [5.41, 5.74) is -0.825. The van der Waals surface area contributed by atoms with E-state index < -0.39 is 17.2 Å². The van der Waals surface area contributed by atoms with Crippen LogP contribution in [0.3, 0.4) is 0 Å². The predicted octanol–water partition coefficient (Wildman–Crippen LogP) is 1.85. The van der Waals surface area contributed by atoms with Gasteiger partial charge in [0.05, 0.1) is 5.52 Å². The Morgan fingerprint density at radius 3 is 2.79 bits per heavy atom. The van der Waals surface area contributed by atoms with Gasteiger partial charge in [0.2, 0.25) is 5.28 Å². The highest BCUT2D eigenvalue weighted by molar-refractivity contribution is 6.28. The molecule has 1 aromatic heterocycles. The van der Waals surface area contributed by atoms with Crippen LogP contribution in [0.2, 0.25) is 5.28 Å². The average molecular weight is 217 g/mol. The van der Waals surface area contributed by atoms with Crippen LogP contribution in [-0.4, -0.2) is 9.97 Å². The van der Waals surface area contributed by atoms with Crippen LogP contribution in [-0.2, 0) is 0 Å². The largest absolute Gasteiger partial charge is 0.297 e. The van der Waals surface area contributed by atoms with Crippen LogP contribution in [0.15, 0.2) is 16.9 Å². The minimum Gasteiger partial charge on any atom is -0.297 e.